The summed E-state index contributed by atoms with van der Waals surface area (Å²) < 4.78 is 0. The first-order valence-electron chi connectivity index (χ1n) is 10.6. The summed E-state index contributed by atoms with van der Waals surface area (Å²) in [6.45, 7) is 2.26. The molecule has 0 fully saturated rings. The highest BCUT2D eigenvalue weighted by molar-refractivity contribution is 5.69. The SMILES string of the molecule is CCCCCCCCCCCCCCCC(=O)O.O=C(O)CCCC(=O)O. The Morgan fingerprint density at radius 2 is 0.704 bits per heavy atom. The third kappa shape index (κ3) is 32.5. The van der Waals surface area contributed by atoms with Gasteiger partial charge in [0.25, 0.3) is 0 Å². The Morgan fingerprint density at radius 1 is 0.444 bits per heavy atom. The summed E-state index contributed by atoms with van der Waals surface area (Å²) in [6.07, 6.45) is 17.4. The summed E-state index contributed by atoms with van der Waals surface area (Å²) in [4.78, 5) is 29.9. The molecule has 160 valence electrons. The Bertz CT molecular complexity index is 354. The number of unbranched alkanes of at least 4 members (excludes halogenated alkanes) is 12. The molecule has 0 spiro atoms. The van der Waals surface area contributed by atoms with Crippen LogP contribution in [0.1, 0.15) is 116 Å². The van der Waals surface area contributed by atoms with Crippen molar-refractivity contribution < 1.29 is 29.7 Å². The predicted octanol–water partition coefficient (Wildman–Crippen LogP) is 5.88. The van der Waals surface area contributed by atoms with Gasteiger partial charge in [-0.05, 0) is 12.8 Å². The van der Waals surface area contributed by atoms with Crippen LogP contribution in [0.4, 0.5) is 0 Å². The Labute approximate surface area is 164 Å². The van der Waals surface area contributed by atoms with Crippen LogP contribution in [0.3, 0.4) is 0 Å². The second kappa shape index (κ2) is 22.5. The summed E-state index contributed by atoms with van der Waals surface area (Å²) in [5.74, 6) is -2.55. The van der Waals surface area contributed by atoms with Crippen molar-refractivity contribution >= 4 is 17.9 Å². The normalized spacial score (nSPS) is 10.1. The number of carboxylic acid groups (broad SMARTS) is 3. The molecule has 6 heteroatoms. The predicted molar refractivity (Wildman–Crippen MR) is 107 cm³/mol. The van der Waals surface area contributed by atoms with E-state index < -0.39 is 17.9 Å². The van der Waals surface area contributed by atoms with Crippen molar-refractivity contribution in [2.75, 3.05) is 0 Å². The zero-order valence-corrected chi connectivity index (χ0v) is 17.1. The van der Waals surface area contributed by atoms with E-state index in [1.807, 2.05) is 0 Å². The lowest BCUT2D eigenvalue weighted by atomic mass is 10.0. The molecule has 0 aromatic rings. The molecule has 0 bridgehead atoms. The Kier molecular flexibility index (Phi) is 23.0. The van der Waals surface area contributed by atoms with Gasteiger partial charge in [0.1, 0.15) is 0 Å². The lowest BCUT2D eigenvalue weighted by Gasteiger charge is -2.02. The van der Waals surface area contributed by atoms with Gasteiger partial charge in [0.05, 0.1) is 0 Å². The summed E-state index contributed by atoms with van der Waals surface area (Å²) in [6, 6.07) is 0. The minimum absolute atomic E-state index is 0.0632. The number of hydrogen-bond donors (Lipinski definition) is 3. The number of carbonyl (C=O) groups is 3. The number of rotatable bonds is 18. The molecule has 0 aromatic carbocycles. The van der Waals surface area contributed by atoms with E-state index >= 15 is 0 Å². The van der Waals surface area contributed by atoms with Crippen molar-refractivity contribution in [1.29, 1.82) is 0 Å². The topological polar surface area (TPSA) is 112 Å². The highest BCUT2D eigenvalue weighted by atomic mass is 16.4. The first-order valence-corrected chi connectivity index (χ1v) is 10.6. The molecule has 0 radical (unpaired) electrons. The summed E-state index contributed by atoms with van der Waals surface area (Å²) in [5.41, 5.74) is 0. The first kappa shape index (κ1) is 27.6. The Hall–Kier alpha value is -1.59. The standard InChI is InChI=1S/C16H32O2.C5H8O4/c1-2-3-4-5-6-7-8-9-10-11-12-13-14-15-16(17)18;6-4(7)2-1-3-5(8)9/h2-15H2,1H3,(H,17,18);1-3H2,(H,6,7)(H,8,9). The van der Waals surface area contributed by atoms with Gasteiger partial charge in [0.15, 0.2) is 0 Å². The molecule has 6 nitrogen and oxygen atoms in total. The van der Waals surface area contributed by atoms with E-state index in [2.05, 4.69) is 6.92 Å². The molecule has 0 saturated carbocycles. The average Bonchev–Trinajstić information content (AvgIpc) is 2.58. The molecule has 0 heterocycles. The minimum Gasteiger partial charge on any atom is -0.481 e. The van der Waals surface area contributed by atoms with Crippen LogP contribution in [0, 0.1) is 0 Å². The molecule has 0 aliphatic heterocycles. The van der Waals surface area contributed by atoms with Crippen LogP contribution in [0.2, 0.25) is 0 Å². The fourth-order valence-corrected chi connectivity index (χ4v) is 2.68. The smallest absolute Gasteiger partial charge is 0.303 e. The van der Waals surface area contributed by atoms with E-state index in [4.69, 9.17) is 15.3 Å². The van der Waals surface area contributed by atoms with Crippen LogP contribution in [0.5, 0.6) is 0 Å². The van der Waals surface area contributed by atoms with Gasteiger partial charge in [-0.25, -0.2) is 0 Å². The van der Waals surface area contributed by atoms with Crippen molar-refractivity contribution in [3.8, 4) is 0 Å². The molecule has 0 aromatic heterocycles. The lowest BCUT2D eigenvalue weighted by Crippen LogP contribution is -1.98. The van der Waals surface area contributed by atoms with Gasteiger partial charge < -0.3 is 15.3 Å². The van der Waals surface area contributed by atoms with Crippen molar-refractivity contribution in [3.63, 3.8) is 0 Å². The Morgan fingerprint density at radius 3 is 1.00 bits per heavy atom. The number of aliphatic carboxylic acids is 3. The molecule has 0 aliphatic carbocycles. The quantitative estimate of drug-likeness (QED) is 0.253. The molecule has 0 rings (SSSR count). The van der Waals surface area contributed by atoms with Crippen molar-refractivity contribution in [1.82, 2.24) is 0 Å². The highest BCUT2D eigenvalue weighted by Gasteiger charge is 1.99. The second-order valence-corrected chi connectivity index (χ2v) is 7.03. The molecule has 3 N–H and O–H groups in total. The monoisotopic (exact) mass is 388 g/mol. The highest BCUT2D eigenvalue weighted by Crippen LogP contribution is 2.12. The van der Waals surface area contributed by atoms with Crippen LogP contribution in [-0.4, -0.2) is 33.2 Å². The van der Waals surface area contributed by atoms with Crippen LogP contribution in [0.15, 0.2) is 0 Å². The van der Waals surface area contributed by atoms with Crippen LogP contribution in [-0.2, 0) is 14.4 Å². The van der Waals surface area contributed by atoms with Crippen molar-refractivity contribution in [2.45, 2.75) is 116 Å². The Balaban J connectivity index is 0. The molecule has 0 saturated heterocycles. The summed E-state index contributed by atoms with van der Waals surface area (Å²) >= 11 is 0. The van der Waals surface area contributed by atoms with E-state index in [1.165, 1.54) is 70.6 Å². The van der Waals surface area contributed by atoms with Gasteiger partial charge in [-0.1, -0.05) is 84.0 Å². The zero-order valence-electron chi connectivity index (χ0n) is 17.1. The van der Waals surface area contributed by atoms with Gasteiger partial charge in [-0.3, -0.25) is 14.4 Å². The largest absolute Gasteiger partial charge is 0.481 e. The first-order chi connectivity index (χ1) is 12.9. The number of carboxylic acids is 3. The molecular weight excluding hydrogens is 348 g/mol. The molecule has 0 amide bonds. The van der Waals surface area contributed by atoms with Gasteiger partial charge in [-0.15, -0.1) is 0 Å². The maximum atomic E-state index is 10.3. The van der Waals surface area contributed by atoms with Crippen molar-refractivity contribution in [2.24, 2.45) is 0 Å². The number of hydrogen-bond acceptors (Lipinski definition) is 3. The lowest BCUT2D eigenvalue weighted by molar-refractivity contribution is -0.139. The van der Waals surface area contributed by atoms with Crippen LogP contribution >= 0.6 is 0 Å². The van der Waals surface area contributed by atoms with E-state index in [0.717, 1.165) is 12.8 Å². The van der Waals surface area contributed by atoms with Gasteiger partial charge in [0.2, 0.25) is 0 Å². The van der Waals surface area contributed by atoms with E-state index in [-0.39, 0.29) is 19.3 Å². The maximum Gasteiger partial charge on any atom is 0.303 e. The second-order valence-electron chi connectivity index (χ2n) is 7.03. The van der Waals surface area contributed by atoms with Crippen molar-refractivity contribution in [3.05, 3.63) is 0 Å². The molecule has 0 atom stereocenters. The van der Waals surface area contributed by atoms with Gasteiger partial charge in [0, 0.05) is 19.3 Å². The minimum atomic E-state index is -0.948. The molecule has 0 unspecified atom stereocenters. The van der Waals surface area contributed by atoms with Crippen LogP contribution < -0.4 is 0 Å². The average molecular weight is 389 g/mol. The van der Waals surface area contributed by atoms with Crippen LogP contribution in [0.25, 0.3) is 0 Å². The fraction of sp³-hybridized carbons (Fsp3) is 0.857. The summed E-state index contributed by atoms with van der Waals surface area (Å²) in [5, 5.41) is 24.6. The van der Waals surface area contributed by atoms with E-state index in [9.17, 15) is 14.4 Å². The molecule has 27 heavy (non-hydrogen) atoms. The maximum absolute atomic E-state index is 10.3. The van der Waals surface area contributed by atoms with Gasteiger partial charge in [-0.2, -0.15) is 0 Å². The third-order valence-electron chi connectivity index (χ3n) is 4.28. The summed E-state index contributed by atoms with van der Waals surface area (Å²) in [7, 11) is 0. The third-order valence-corrected chi connectivity index (χ3v) is 4.28. The zero-order chi connectivity index (χ0) is 20.8. The molecular formula is C21H40O6. The van der Waals surface area contributed by atoms with Gasteiger partial charge >= 0.3 is 17.9 Å². The van der Waals surface area contributed by atoms with E-state index in [1.54, 1.807) is 0 Å². The molecule has 0 aliphatic rings. The fourth-order valence-electron chi connectivity index (χ4n) is 2.68. The van der Waals surface area contributed by atoms with E-state index in [0.29, 0.717) is 6.42 Å².